The average Bonchev–Trinajstić information content (AvgIpc) is 2.37. The van der Waals surface area contributed by atoms with Crippen LogP contribution >= 0.6 is 0 Å². The van der Waals surface area contributed by atoms with Crippen LogP contribution in [0.3, 0.4) is 0 Å². The van der Waals surface area contributed by atoms with Gasteiger partial charge in [0, 0.05) is 6.07 Å². The van der Waals surface area contributed by atoms with E-state index in [9.17, 15) is 18.5 Å². The maximum Gasteiger partial charge on any atom is 0.274 e. The Balaban J connectivity index is 2.64. The summed E-state index contributed by atoms with van der Waals surface area (Å²) >= 11 is 0. The zero-order valence-electron chi connectivity index (χ0n) is 10.7. The highest BCUT2D eigenvalue weighted by molar-refractivity contribution is 7.86. The third-order valence-corrected chi connectivity index (χ3v) is 3.85. The van der Waals surface area contributed by atoms with E-state index in [1.165, 1.54) is 18.2 Å². The quantitative estimate of drug-likeness (QED) is 0.317. The van der Waals surface area contributed by atoms with Gasteiger partial charge in [0.2, 0.25) is 0 Å². The van der Waals surface area contributed by atoms with Crippen molar-refractivity contribution in [2.45, 2.75) is 32.8 Å². The third kappa shape index (κ3) is 5.35. The molecule has 0 amide bonds. The summed E-state index contributed by atoms with van der Waals surface area (Å²) in [4.78, 5) is 10.2. The minimum absolute atomic E-state index is 0.0541. The van der Waals surface area contributed by atoms with Crippen LogP contribution in [0.2, 0.25) is 0 Å². The van der Waals surface area contributed by atoms with E-state index in [2.05, 4.69) is 0 Å². The summed E-state index contributed by atoms with van der Waals surface area (Å²) in [5, 5.41) is 10.8. The molecule has 0 aliphatic heterocycles. The van der Waals surface area contributed by atoms with Gasteiger partial charge in [-0.15, -0.1) is 0 Å². The second kappa shape index (κ2) is 7.20. The highest BCUT2D eigenvalue weighted by Crippen LogP contribution is 2.19. The number of hydrogen-bond acceptors (Lipinski definition) is 5. The number of unbranched alkanes of at least 4 members (excludes halogenated alkanes) is 2. The molecular weight excluding hydrogens is 270 g/mol. The topological polar surface area (TPSA) is 86.5 Å². The molecule has 0 fully saturated rings. The minimum atomic E-state index is -3.62. The Bertz CT molecular complexity index is 527. The third-order valence-electron chi connectivity index (χ3n) is 2.58. The molecule has 1 rings (SSSR count). The lowest BCUT2D eigenvalue weighted by atomic mass is 10.2. The SMILES string of the molecule is CCCCCS(=O)(=O)OCc1ccccc1[N+](=O)[O-]. The first-order valence-corrected chi connectivity index (χ1v) is 7.63. The average molecular weight is 287 g/mol. The van der Waals surface area contributed by atoms with Crippen LogP contribution in [0.5, 0.6) is 0 Å². The van der Waals surface area contributed by atoms with Crippen LogP contribution in [-0.4, -0.2) is 19.1 Å². The monoisotopic (exact) mass is 287 g/mol. The van der Waals surface area contributed by atoms with Crippen LogP contribution in [0.15, 0.2) is 24.3 Å². The molecule has 0 saturated carbocycles. The number of nitrogens with zero attached hydrogens (tertiary/aromatic N) is 1. The first kappa shape index (κ1) is 15.6. The van der Waals surface area contributed by atoms with Crippen molar-refractivity contribution in [1.29, 1.82) is 0 Å². The predicted octanol–water partition coefficient (Wildman–Crippen LogP) is 2.63. The fourth-order valence-electron chi connectivity index (χ4n) is 1.55. The summed E-state index contributed by atoms with van der Waals surface area (Å²) < 4.78 is 28.0. The molecule has 7 heteroatoms. The van der Waals surface area contributed by atoms with Crippen molar-refractivity contribution in [3.8, 4) is 0 Å². The fourth-order valence-corrected chi connectivity index (χ4v) is 2.53. The van der Waals surface area contributed by atoms with Gasteiger partial charge in [-0.3, -0.25) is 14.3 Å². The zero-order chi connectivity index (χ0) is 14.3. The molecule has 0 unspecified atom stereocenters. The number of benzene rings is 1. The lowest BCUT2D eigenvalue weighted by Gasteiger charge is -2.05. The lowest BCUT2D eigenvalue weighted by Crippen LogP contribution is -2.11. The highest BCUT2D eigenvalue weighted by atomic mass is 32.2. The first-order chi connectivity index (χ1) is 8.96. The Labute approximate surface area is 112 Å². The van der Waals surface area contributed by atoms with E-state index in [1.807, 2.05) is 6.92 Å². The van der Waals surface area contributed by atoms with E-state index in [-0.39, 0.29) is 23.6 Å². The predicted molar refractivity (Wildman–Crippen MR) is 71.2 cm³/mol. The van der Waals surface area contributed by atoms with Crippen LogP contribution in [0.4, 0.5) is 5.69 Å². The van der Waals surface area contributed by atoms with Gasteiger partial charge in [0.25, 0.3) is 15.8 Å². The second-order valence-corrected chi connectivity index (χ2v) is 5.88. The molecule has 0 aliphatic carbocycles. The van der Waals surface area contributed by atoms with Crippen LogP contribution in [0.25, 0.3) is 0 Å². The summed E-state index contributed by atoms with van der Waals surface area (Å²) in [5.41, 5.74) is 0.123. The van der Waals surface area contributed by atoms with Gasteiger partial charge in [-0.25, -0.2) is 0 Å². The molecule has 0 N–H and O–H groups in total. The van der Waals surface area contributed by atoms with E-state index in [4.69, 9.17) is 4.18 Å². The molecule has 0 bridgehead atoms. The Morgan fingerprint density at radius 1 is 1.26 bits per heavy atom. The molecule has 1 aromatic carbocycles. The van der Waals surface area contributed by atoms with Crippen molar-refractivity contribution in [2.75, 3.05) is 5.75 Å². The van der Waals surface area contributed by atoms with Crippen molar-refractivity contribution in [1.82, 2.24) is 0 Å². The summed E-state index contributed by atoms with van der Waals surface area (Å²) in [6, 6.07) is 5.94. The van der Waals surface area contributed by atoms with Crippen molar-refractivity contribution < 1.29 is 17.5 Å². The van der Waals surface area contributed by atoms with Crippen molar-refractivity contribution >= 4 is 15.8 Å². The zero-order valence-corrected chi connectivity index (χ0v) is 11.6. The molecule has 0 heterocycles. The van der Waals surface area contributed by atoms with Gasteiger partial charge in [-0.05, 0) is 12.5 Å². The normalized spacial score (nSPS) is 11.4. The standard InChI is InChI=1S/C12H17NO5S/c1-2-3-6-9-19(16,17)18-10-11-7-4-5-8-12(11)13(14)15/h4-5,7-8H,2-3,6,9-10H2,1H3. The van der Waals surface area contributed by atoms with E-state index in [0.29, 0.717) is 6.42 Å². The summed E-state index contributed by atoms with van der Waals surface area (Å²) in [7, 11) is -3.62. The number of rotatable bonds is 8. The molecule has 106 valence electrons. The van der Waals surface area contributed by atoms with Gasteiger partial charge in [-0.1, -0.05) is 31.9 Å². The number of nitro benzene ring substituents is 1. The molecule has 0 saturated heterocycles. The van der Waals surface area contributed by atoms with E-state index in [0.717, 1.165) is 12.8 Å². The summed E-state index contributed by atoms with van der Waals surface area (Å²) in [5.74, 6) is -0.0541. The molecule has 0 radical (unpaired) electrons. The van der Waals surface area contributed by atoms with Gasteiger partial charge in [0.15, 0.2) is 0 Å². The largest absolute Gasteiger partial charge is 0.274 e. The number of para-hydroxylation sites is 1. The van der Waals surface area contributed by atoms with E-state index < -0.39 is 15.0 Å². The van der Waals surface area contributed by atoms with Gasteiger partial charge >= 0.3 is 0 Å². The molecule has 0 aliphatic rings. The van der Waals surface area contributed by atoms with Crippen LogP contribution in [0, 0.1) is 10.1 Å². The molecule has 6 nitrogen and oxygen atoms in total. The second-order valence-electron chi connectivity index (χ2n) is 4.12. The van der Waals surface area contributed by atoms with Gasteiger partial charge in [-0.2, -0.15) is 8.42 Å². The molecule has 0 spiro atoms. The highest BCUT2D eigenvalue weighted by Gasteiger charge is 2.16. The molecule has 0 aromatic heterocycles. The summed E-state index contributed by atoms with van der Waals surface area (Å²) in [6.07, 6.45) is 2.27. The first-order valence-electron chi connectivity index (χ1n) is 6.05. The van der Waals surface area contributed by atoms with E-state index in [1.54, 1.807) is 6.07 Å². The Morgan fingerprint density at radius 2 is 1.95 bits per heavy atom. The molecule has 1 aromatic rings. The van der Waals surface area contributed by atoms with Crippen molar-refractivity contribution in [3.05, 3.63) is 39.9 Å². The molecular formula is C12H17NO5S. The Morgan fingerprint density at radius 3 is 2.58 bits per heavy atom. The number of nitro groups is 1. The van der Waals surface area contributed by atoms with Crippen molar-refractivity contribution in [3.63, 3.8) is 0 Å². The lowest BCUT2D eigenvalue weighted by molar-refractivity contribution is -0.385. The van der Waals surface area contributed by atoms with Crippen LogP contribution in [0.1, 0.15) is 31.7 Å². The molecule has 0 atom stereocenters. The summed E-state index contributed by atoms with van der Waals surface area (Å²) in [6.45, 7) is 1.67. The maximum atomic E-state index is 11.6. The van der Waals surface area contributed by atoms with Gasteiger partial charge < -0.3 is 0 Å². The van der Waals surface area contributed by atoms with Gasteiger partial charge in [0.1, 0.15) is 0 Å². The maximum absolute atomic E-state index is 11.6. The smallest absolute Gasteiger partial charge is 0.265 e. The minimum Gasteiger partial charge on any atom is -0.265 e. The number of hydrogen-bond donors (Lipinski definition) is 0. The van der Waals surface area contributed by atoms with Crippen LogP contribution < -0.4 is 0 Å². The fraction of sp³-hybridized carbons (Fsp3) is 0.500. The van der Waals surface area contributed by atoms with E-state index >= 15 is 0 Å². The van der Waals surface area contributed by atoms with Crippen molar-refractivity contribution in [2.24, 2.45) is 0 Å². The molecule has 19 heavy (non-hydrogen) atoms. The van der Waals surface area contributed by atoms with Gasteiger partial charge in [0.05, 0.1) is 22.8 Å². The Kier molecular flexibility index (Phi) is 5.91. The Hall–Kier alpha value is -1.47. The van der Waals surface area contributed by atoms with Crippen LogP contribution in [-0.2, 0) is 20.9 Å².